The molecule has 0 saturated heterocycles. The van der Waals surface area contributed by atoms with Gasteiger partial charge in [0.2, 0.25) is 0 Å². The van der Waals surface area contributed by atoms with Crippen LogP contribution in [0.25, 0.3) is 0 Å². The molecule has 1 aromatic heterocycles. The summed E-state index contributed by atoms with van der Waals surface area (Å²) in [6.45, 7) is 1.65. The molecule has 1 aromatic carbocycles. The van der Waals surface area contributed by atoms with Crippen molar-refractivity contribution in [3.05, 3.63) is 47.3 Å². The highest BCUT2D eigenvalue weighted by Crippen LogP contribution is 2.27. The molecule has 2 aromatic rings. The predicted octanol–water partition coefficient (Wildman–Crippen LogP) is 2.52. The lowest BCUT2D eigenvalue weighted by Gasteiger charge is -2.14. The van der Waals surface area contributed by atoms with E-state index in [9.17, 15) is 13.6 Å². The van der Waals surface area contributed by atoms with Crippen LogP contribution in [0.2, 0.25) is 0 Å². The second-order valence-electron chi connectivity index (χ2n) is 3.96. The van der Waals surface area contributed by atoms with Gasteiger partial charge in [0.05, 0.1) is 6.04 Å². The fraction of sp³-hybridized carbons (Fsp3) is 0.250. The number of aromatic carboxylic acids is 1. The predicted molar refractivity (Wildman–Crippen MR) is 62.2 cm³/mol. The third-order valence-electron chi connectivity index (χ3n) is 2.79. The van der Waals surface area contributed by atoms with Crippen molar-refractivity contribution in [1.29, 1.82) is 0 Å². The summed E-state index contributed by atoms with van der Waals surface area (Å²) >= 11 is 0. The first-order valence-corrected chi connectivity index (χ1v) is 5.53. The van der Waals surface area contributed by atoms with Crippen LogP contribution >= 0.6 is 0 Å². The number of carbonyl (C=O) groups is 1. The van der Waals surface area contributed by atoms with E-state index >= 15 is 0 Å². The molecule has 5 nitrogen and oxygen atoms in total. The van der Waals surface area contributed by atoms with Crippen LogP contribution in [0.1, 0.15) is 41.1 Å². The summed E-state index contributed by atoms with van der Waals surface area (Å²) < 4.78 is 26.9. The number of rotatable bonds is 4. The number of alkyl halides is 2. The minimum absolute atomic E-state index is 0.522. The summed E-state index contributed by atoms with van der Waals surface area (Å²) in [4.78, 5) is 10.8. The van der Waals surface area contributed by atoms with Crippen molar-refractivity contribution in [2.24, 2.45) is 0 Å². The van der Waals surface area contributed by atoms with Crippen LogP contribution in [0, 0.1) is 0 Å². The van der Waals surface area contributed by atoms with Crippen molar-refractivity contribution in [2.45, 2.75) is 19.4 Å². The SMILES string of the molecule is CC(c1ccccc1)n1nnc(C(=O)O)c1C(F)F. The number of benzene rings is 1. The van der Waals surface area contributed by atoms with Crippen LogP contribution in [-0.2, 0) is 0 Å². The first-order valence-electron chi connectivity index (χ1n) is 5.53. The van der Waals surface area contributed by atoms with Crippen LogP contribution in [0.15, 0.2) is 30.3 Å². The van der Waals surface area contributed by atoms with Gasteiger partial charge >= 0.3 is 5.97 Å². The van der Waals surface area contributed by atoms with Crippen LogP contribution in [0.3, 0.4) is 0 Å². The molecule has 7 heteroatoms. The third kappa shape index (κ3) is 2.44. The second-order valence-corrected chi connectivity index (χ2v) is 3.96. The number of halogens is 2. The van der Waals surface area contributed by atoms with E-state index in [0.717, 1.165) is 10.2 Å². The topological polar surface area (TPSA) is 68.0 Å². The molecule has 0 spiro atoms. The largest absolute Gasteiger partial charge is 0.476 e. The third-order valence-corrected chi connectivity index (χ3v) is 2.79. The van der Waals surface area contributed by atoms with Crippen LogP contribution in [0.4, 0.5) is 8.78 Å². The zero-order valence-corrected chi connectivity index (χ0v) is 9.99. The van der Waals surface area contributed by atoms with Gasteiger partial charge in [0.1, 0.15) is 5.69 Å². The molecule has 1 heterocycles. The van der Waals surface area contributed by atoms with Gasteiger partial charge in [-0.25, -0.2) is 18.3 Å². The highest BCUT2D eigenvalue weighted by atomic mass is 19.3. The lowest BCUT2D eigenvalue weighted by Crippen LogP contribution is -2.14. The summed E-state index contributed by atoms with van der Waals surface area (Å²) in [6, 6.07) is 8.32. The molecule has 0 aliphatic heterocycles. The molecule has 1 unspecified atom stereocenters. The number of nitrogens with zero attached hydrogens (tertiary/aromatic N) is 3. The van der Waals surface area contributed by atoms with Gasteiger partial charge in [0.25, 0.3) is 6.43 Å². The molecule has 1 N–H and O–H groups in total. The Morgan fingerprint density at radius 3 is 2.47 bits per heavy atom. The molecule has 0 bridgehead atoms. The molecule has 19 heavy (non-hydrogen) atoms. The zero-order valence-electron chi connectivity index (χ0n) is 9.99. The molecule has 2 rings (SSSR count). The lowest BCUT2D eigenvalue weighted by atomic mass is 10.1. The van der Waals surface area contributed by atoms with Gasteiger partial charge in [-0.15, -0.1) is 5.10 Å². The summed E-state index contributed by atoms with van der Waals surface area (Å²) in [5.74, 6) is -1.51. The number of aromatic nitrogens is 3. The normalized spacial score (nSPS) is 12.6. The molecule has 0 saturated carbocycles. The molecule has 0 radical (unpaired) electrons. The van der Waals surface area contributed by atoms with Crippen molar-refractivity contribution in [1.82, 2.24) is 15.0 Å². The number of carboxylic acid groups (broad SMARTS) is 1. The van der Waals surface area contributed by atoms with E-state index in [1.165, 1.54) is 0 Å². The Morgan fingerprint density at radius 1 is 1.32 bits per heavy atom. The minimum atomic E-state index is -2.95. The van der Waals surface area contributed by atoms with Gasteiger partial charge in [0, 0.05) is 0 Å². The van der Waals surface area contributed by atoms with E-state index in [1.54, 1.807) is 37.3 Å². The van der Waals surface area contributed by atoms with Crippen LogP contribution in [0.5, 0.6) is 0 Å². The summed E-state index contributed by atoms with van der Waals surface area (Å²) in [6.07, 6.45) is -2.95. The Bertz CT molecular complexity index is 584. The monoisotopic (exact) mass is 267 g/mol. The van der Waals surface area contributed by atoms with Crippen molar-refractivity contribution in [3.63, 3.8) is 0 Å². The van der Waals surface area contributed by atoms with Crippen molar-refractivity contribution < 1.29 is 18.7 Å². The Morgan fingerprint density at radius 2 is 1.95 bits per heavy atom. The second kappa shape index (κ2) is 5.13. The summed E-state index contributed by atoms with van der Waals surface area (Å²) in [5, 5.41) is 15.7. The Kier molecular flexibility index (Phi) is 3.55. The first kappa shape index (κ1) is 13.1. The molecule has 0 fully saturated rings. The summed E-state index contributed by atoms with van der Waals surface area (Å²) in [5.41, 5.74) is -0.645. The van der Waals surface area contributed by atoms with E-state index in [2.05, 4.69) is 10.3 Å². The average Bonchev–Trinajstić information content (AvgIpc) is 2.83. The molecule has 0 amide bonds. The first-order chi connectivity index (χ1) is 9.02. The quantitative estimate of drug-likeness (QED) is 0.924. The van der Waals surface area contributed by atoms with Crippen molar-refractivity contribution >= 4 is 5.97 Å². The Labute approximate surface area is 107 Å². The smallest absolute Gasteiger partial charge is 0.358 e. The van der Waals surface area contributed by atoms with E-state index in [0.29, 0.717) is 0 Å². The zero-order chi connectivity index (χ0) is 14.0. The fourth-order valence-corrected chi connectivity index (χ4v) is 1.82. The highest BCUT2D eigenvalue weighted by molar-refractivity contribution is 5.86. The maximum atomic E-state index is 13.0. The van der Waals surface area contributed by atoms with Crippen molar-refractivity contribution in [2.75, 3.05) is 0 Å². The maximum absolute atomic E-state index is 13.0. The molecular formula is C12H11F2N3O2. The van der Waals surface area contributed by atoms with Crippen molar-refractivity contribution in [3.8, 4) is 0 Å². The molecule has 0 aliphatic rings. The highest BCUT2D eigenvalue weighted by Gasteiger charge is 2.28. The standard InChI is InChI=1S/C12H11F2N3O2/c1-7(8-5-3-2-4-6-8)17-10(11(13)14)9(12(18)19)15-16-17/h2-7,11H,1H3,(H,18,19). The lowest BCUT2D eigenvalue weighted by molar-refractivity contribution is 0.0675. The van der Waals surface area contributed by atoms with Crippen LogP contribution < -0.4 is 0 Å². The van der Waals surface area contributed by atoms with E-state index in [1.807, 2.05) is 0 Å². The van der Waals surface area contributed by atoms with Gasteiger partial charge in [-0.05, 0) is 12.5 Å². The van der Waals surface area contributed by atoms with Gasteiger partial charge in [-0.3, -0.25) is 0 Å². The molecule has 0 aliphatic carbocycles. The van der Waals surface area contributed by atoms with Crippen LogP contribution in [-0.4, -0.2) is 26.1 Å². The van der Waals surface area contributed by atoms with E-state index in [4.69, 9.17) is 5.11 Å². The number of carboxylic acids is 1. The molecule has 100 valence electrons. The van der Waals surface area contributed by atoms with Gasteiger partial charge in [-0.1, -0.05) is 35.5 Å². The Hall–Kier alpha value is -2.31. The maximum Gasteiger partial charge on any atom is 0.358 e. The number of hydrogen-bond acceptors (Lipinski definition) is 3. The molecule has 1 atom stereocenters. The van der Waals surface area contributed by atoms with Gasteiger partial charge < -0.3 is 5.11 Å². The summed E-state index contributed by atoms with van der Waals surface area (Å²) in [7, 11) is 0. The number of hydrogen-bond donors (Lipinski definition) is 1. The van der Waals surface area contributed by atoms with E-state index < -0.39 is 29.8 Å². The Balaban J connectivity index is 2.48. The van der Waals surface area contributed by atoms with E-state index in [-0.39, 0.29) is 0 Å². The van der Waals surface area contributed by atoms with Gasteiger partial charge in [-0.2, -0.15) is 0 Å². The minimum Gasteiger partial charge on any atom is -0.476 e. The van der Waals surface area contributed by atoms with Gasteiger partial charge in [0.15, 0.2) is 5.69 Å². The fourth-order valence-electron chi connectivity index (χ4n) is 1.82. The average molecular weight is 267 g/mol. The molecular weight excluding hydrogens is 256 g/mol.